The van der Waals surface area contributed by atoms with Gasteiger partial charge in [0.1, 0.15) is 5.75 Å². The van der Waals surface area contributed by atoms with Crippen molar-refractivity contribution in [2.75, 3.05) is 7.11 Å². The number of hydroxylamine groups is 1. The van der Waals surface area contributed by atoms with Crippen molar-refractivity contribution in [3.8, 4) is 5.75 Å². The van der Waals surface area contributed by atoms with E-state index in [0.717, 1.165) is 16.9 Å². The molecule has 1 aromatic heterocycles. The zero-order chi connectivity index (χ0) is 15.2. The number of carbonyl (C=O) groups is 2. The van der Waals surface area contributed by atoms with Gasteiger partial charge in [-0.1, -0.05) is 18.2 Å². The molecule has 0 saturated heterocycles. The van der Waals surface area contributed by atoms with E-state index in [2.05, 4.69) is 5.32 Å². The van der Waals surface area contributed by atoms with E-state index in [1.807, 2.05) is 24.3 Å². The number of ether oxygens (including phenoxy) is 1. The molecule has 2 aromatic rings. The number of benzene rings is 1. The lowest BCUT2D eigenvalue weighted by molar-refractivity contribution is 0.0711. The molecule has 0 atom stereocenters. The molecule has 110 valence electrons. The van der Waals surface area contributed by atoms with Crippen LogP contribution in [0.3, 0.4) is 0 Å². The second-order valence-electron chi connectivity index (χ2n) is 4.10. The van der Waals surface area contributed by atoms with Gasteiger partial charge in [-0.15, -0.1) is 11.3 Å². The first kappa shape index (κ1) is 15.0. The summed E-state index contributed by atoms with van der Waals surface area (Å²) in [6.07, 6.45) is 0. The first-order valence-corrected chi connectivity index (χ1v) is 6.91. The Kier molecular flexibility index (Phi) is 4.91. The zero-order valence-corrected chi connectivity index (χ0v) is 12.1. The average molecular weight is 306 g/mol. The second-order valence-corrected chi connectivity index (χ2v) is 5.18. The number of hydrogen-bond acceptors (Lipinski definition) is 5. The normalized spacial score (nSPS) is 10.0. The Morgan fingerprint density at radius 1 is 1.14 bits per heavy atom. The first-order chi connectivity index (χ1) is 10.2. The standard InChI is InChI=1S/C14H14N2O4S/c1-20-10-5-3-2-4-9(10)8-15-13(17)11-6-7-12(21-11)14(18)16-19/h2-7,19H,8H2,1H3,(H,15,17)(H,16,18). The quantitative estimate of drug-likeness (QED) is 0.580. The molecule has 0 spiro atoms. The van der Waals surface area contributed by atoms with Crippen LogP contribution in [0.5, 0.6) is 5.75 Å². The third kappa shape index (κ3) is 3.59. The minimum Gasteiger partial charge on any atom is -0.496 e. The van der Waals surface area contributed by atoms with E-state index in [1.54, 1.807) is 7.11 Å². The Labute approximate surface area is 125 Å². The SMILES string of the molecule is COc1ccccc1CNC(=O)c1ccc(C(=O)NO)s1. The maximum absolute atomic E-state index is 12.0. The van der Waals surface area contributed by atoms with E-state index in [1.165, 1.54) is 17.6 Å². The minimum absolute atomic E-state index is 0.264. The van der Waals surface area contributed by atoms with Crippen LogP contribution >= 0.6 is 11.3 Å². The third-order valence-corrected chi connectivity index (χ3v) is 3.87. The molecule has 2 rings (SSSR count). The largest absolute Gasteiger partial charge is 0.496 e. The van der Waals surface area contributed by atoms with Crippen LogP contribution in [0, 0.1) is 0 Å². The van der Waals surface area contributed by atoms with Gasteiger partial charge in [0.25, 0.3) is 11.8 Å². The number of methoxy groups -OCH3 is 1. The lowest BCUT2D eigenvalue weighted by atomic mass is 10.2. The Balaban J connectivity index is 2.02. The molecule has 0 bridgehead atoms. The minimum atomic E-state index is -0.635. The molecule has 0 aliphatic carbocycles. The Morgan fingerprint density at radius 2 is 1.81 bits per heavy atom. The van der Waals surface area contributed by atoms with E-state index >= 15 is 0 Å². The van der Waals surface area contributed by atoms with Crippen LogP contribution in [0.4, 0.5) is 0 Å². The molecule has 0 aliphatic heterocycles. The molecule has 6 nitrogen and oxygen atoms in total. The summed E-state index contributed by atoms with van der Waals surface area (Å²) in [4.78, 5) is 23.9. The predicted octanol–water partition coefficient (Wildman–Crippen LogP) is 1.81. The van der Waals surface area contributed by atoms with Gasteiger partial charge in [0, 0.05) is 12.1 Å². The molecular formula is C14H14N2O4S. The van der Waals surface area contributed by atoms with Gasteiger partial charge in [-0.3, -0.25) is 14.8 Å². The van der Waals surface area contributed by atoms with Gasteiger partial charge in [-0.2, -0.15) is 0 Å². The molecule has 2 amide bonds. The van der Waals surface area contributed by atoms with E-state index in [0.29, 0.717) is 17.2 Å². The summed E-state index contributed by atoms with van der Waals surface area (Å²) in [5, 5.41) is 11.3. The summed E-state index contributed by atoms with van der Waals surface area (Å²) in [6.45, 7) is 0.322. The van der Waals surface area contributed by atoms with E-state index in [9.17, 15) is 9.59 Å². The van der Waals surface area contributed by atoms with Gasteiger partial charge in [-0.05, 0) is 18.2 Å². The molecule has 0 radical (unpaired) electrons. The van der Waals surface area contributed by atoms with Crippen molar-refractivity contribution in [2.45, 2.75) is 6.54 Å². The van der Waals surface area contributed by atoms with Crippen molar-refractivity contribution in [1.29, 1.82) is 0 Å². The fourth-order valence-corrected chi connectivity index (χ4v) is 2.56. The van der Waals surface area contributed by atoms with Crippen LogP contribution in [-0.4, -0.2) is 24.1 Å². The summed E-state index contributed by atoms with van der Waals surface area (Å²) >= 11 is 1.00. The number of nitrogens with one attached hydrogen (secondary N) is 2. The highest BCUT2D eigenvalue weighted by Crippen LogP contribution is 2.19. The van der Waals surface area contributed by atoms with Crippen molar-refractivity contribution >= 4 is 23.2 Å². The van der Waals surface area contributed by atoms with Crippen LogP contribution in [0.2, 0.25) is 0 Å². The average Bonchev–Trinajstić information content (AvgIpc) is 3.02. The van der Waals surface area contributed by atoms with Crippen LogP contribution in [-0.2, 0) is 6.54 Å². The van der Waals surface area contributed by atoms with Crippen molar-refractivity contribution in [2.24, 2.45) is 0 Å². The molecule has 0 unspecified atom stereocenters. The van der Waals surface area contributed by atoms with Gasteiger partial charge < -0.3 is 10.1 Å². The Bertz CT molecular complexity index is 654. The van der Waals surface area contributed by atoms with Crippen LogP contribution in [0.1, 0.15) is 24.9 Å². The summed E-state index contributed by atoms with van der Waals surface area (Å²) in [7, 11) is 1.57. The van der Waals surface area contributed by atoms with Crippen LogP contribution in [0.25, 0.3) is 0 Å². The maximum Gasteiger partial charge on any atom is 0.284 e. The fraction of sp³-hybridized carbons (Fsp3) is 0.143. The van der Waals surface area contributed by atoms with Crippen molar-refractivity contribution in [3.05, 3.63) is 51.7 Å². The highest BCUT2D eigenvalue weighted by molar-refractivity contribution is 7.15. The first-order valence-electron chi connectivity index (χ1n) is 6.10. The molecule has 0 fully saturated rings. The zero-order valence-electron chi connectivity index (χ0n) is 11.3. The lowest BCUT2D eigenvalue weighted by Gasteiger charge is -2.08. The molecule has 1 heterocycles. The van der Waals surface area contributed by atoms with Crippen molar-refractivity contribution in [1.82, 2.24) is 10.8 Å². The summed E-state index contributed by atoms with van der Waals surface area (Å²) in [5.74, 6) is -0.226. The number of hydrogen-bond donors (Lipinski definition) is 3. The number of rotatable bonds is 5. The monoisotopic (exact) mass is 306 g/mol. The third-order valence-electron chi connectivity index (χ3n) is 2.79. The van der Waals surface area contributed by atoms with Gasteiger partial charge in [0.05, 0.1) is 16.9 Å². The summed E-state index contributed by atoms with van der Waals surface area (Å²) in [5.41, 5.74) is 2.39. The topological polar surface area (TPSA) is 87.7 Å². The summed E-state index contributed by atoms with van der Waals surface area (Å²) in [6, 6.07) is 10.4. The van der Waals surface area contributed by atoms with Gasteiger partial charge in [-0.25, -0.2) is 5.48 Å². The smallest absolute Gasteiger partial charge is 0.284 e. The van der Waals surface area contributed by atoms with Crippen molar-refractivity contribution in [3.63, 3.8) is 0 Å². The number of thiophene rings is 1. The van der Waals surface area contributed by atoms with Gasteiger partial charge >= 0.3 is 0 Å². The molecule has 0 saturated carbocycles. The highest BCUT2D eigenvalue weighted by atomic mass is 32.1. The van der Waals surface area contributed by atoms with E-state index in [4.69, 9.17) is 9.94 Å². The number of para-hydroxylation sites is 1. The highest BCUT2D eigenvalue weighted by Gasteiger charge is 2.13. The van der Waals surface area contributed by atoms with Crippen molar-refractivity contribution < 1.29 is 19.5 Å². The maximum atomic E-state index is 12.0. The number of amides is 2. The molecule has 21 heavy (non-hydrogen) atoms. The Morgan fingerprint density at radius 3 is 2.48 bits per heavy atom. The predicted molar refractivity (Wildman–Crippen MR) is 77.7 cm³/mol. The van der Waals surface area contributed by atoms with E-state index in [-0.39, 0.29) is 10.8 Å². The molecule has 3 N–H and O–H groups in total. The van der Waals surface area contributed by atoms with E-state index < -0.39 is 5.91 Å². The molecule has 7 heteroatoms. The summed E-state index contributed by atoms with van der Waals surface area (Å²) < 4.78 is 5.20. The van der Waals surface area contributed by atoms with Crippen LogP contribution < -0.4 is 15.5 Å². The van der Waals surface area contributed by atoms with Gasteiger partial charge in [0.2, 0.25) is 0 Å². The van der Waals surface area contributed by atoms with Gasteiger partial charge in [0.15, 0.2) is 0 Å². The molecule has 1 aromatic carbocycles. The molecule has 0 aliphatic rings. The van der Waals surface area contributed by atoms with Crippen LogP contribution in [0.15, 0.2) is 36.4 Å². The molecular weight excluding hydrogens is 292 g/mol. The lowest BCUT2D eigenvalue weighted by Crippen LogP contribution is -2.22. The Hall–Kier alpha value is -2.38. The fourth-order valence-electron chi connectivity index (χ4n) is 1.75. The second kappa shape index (κ2) is 6.87. The number of carbonyl (C=O) groups excluding carboxylic acids is 2.